The summed E-state index contributed by atoms with van der Waals surface area (Å²) in [6, 6.07) is 13.0. The average molecular weight is 516 g/mol. The lowest BCUT2D eigenvalue weighted by atomic mass is 9.89. The van der Waals surface area contributed by atoms with Crippen molar-refractivity contribution in [2.45, 2.75) is 50.5 Å². The van der Waals surface area contributed by atoms with E-state index in [9.17, 15) is 14.4 Å². The number of morpholine rings is 1. The number of hydrazine groups is 1. The second-order valence-corrected chi connectivity index (χ2v) is 9.69. The first-order valence-corrected chi connectivity index (χ1v) is 12.2. The second kappa shape index (κ2) is 10.8. The number of hydrogen-bond acceptors (Lipinski definition) is 4. The van der Waals surface area contributed by atoms with Crippen LogP contribution in [0.3, 0.4) is 0 Å². The number of benzene rings is 2. The molecule has 2 aromatic rings. The van der Waals surface area contributed by atoms with Crippen molar-refractivity contribution in [1.29, 1.82) is 0 Å². The van der Waals surface area contributed by atoms with Gasteiger partial charge in [0, 0.05) is 23.4 Å². The summed E-state index contributed by atoms with van der Waals surface area (Å²) in [5, 5.41) is 1.08. The Bertz CT molecular complexity index is 1120. The van der Waals surface area contributed by atoms with Crippen LogP contribution in [-0.4, -0.2) is 34.8 Å². The molecule has 1 heterocycles. The molecule has 1 saturated carbocycles. The predicted octanol–water partition coefficient (Wildman–Crippen LogP) is 4.53. The minimum Gasteiger partial charge on any atom is -0.358 e. The fraction of sp³-hybridized carbons (Fsp3) is 0.346. The standard InChI is InChI=1S/C26H27Cl2N3O4/c1-3-5-21-26(34)31(23(17-8-9-17)25(33)30-29-15(2)32)22(16-10-12-19(27)13-11-16)24(35-21)18-6-4-7-20(28)14-18/h3-4,6-7,10-14,17,21-24H,1,5,8-9H2,2H3,(H,29,32)(H,30,33)/t21-,22+,23-,24-/m0/s1. The predicted molar refractivity (Wildman–Crippen MR) is 133 cm³/mol. The molecule has 0 aromatic heterocycles. The molecule has 1 aliphatic carbocycles. The van der Waals surface area contributed by atoms with E-state index in [-0.39, 0.29) is 18.2 Å². The first-order valence-electron chi connectivity index (χ1n) is 11.5. The number of carbonyl (C=O) groups excluding carboxylic acids is 3. The van der Waals surface area contributed by atoms with Gasteiger partial charge in [-0.2, -0.15) is 0 Å². The van der Waals surface area contributed by atoms with Crippen LogP contribution < -0.4 is 10.9 Å². The monoisotopic (exact) mass is 515 g/mol. The van der Waals surface area contributed by atoms with Gasteiger partial charge in [0.1, 0.15) is 18.2 Å². The van der Waals surface area contributed by atoms with E-state index in [2.05, 4.69) is 17.4 Å². The van der Waals surface area contributed by atoms with E-state index in [0.29, 0.717) is 10.0 Å². The van der Waals surface area contributed by atoms with E-state index in [1.807, 2.05) is 24.3 Å². The number of nitrogens with zero attached hydrogens (tertiary/aromatic N) is 1. The van der Waals surface area contributed by atoms with E-state index in [4.69, 9.17) is 27.9 Å². The van der Waals surface area contributed by atoms with Gasteiger partial charge in [-0.05, 0) is 54.2 Å². The number of amides is 3. The molecule has 7 nitrogen and oxygen atoms in total. The number of carbonyl (C=O) groups is 3. The Kier molecular flexibility index (Phi) is 7.79. The SMILES string of the molecule is C=CC[C@@H]1O[C@@H](c2cccc(Cl)c2)[C@@H](c2ccc(Cl)cc2)N([C@H](C(=O)NNC(C)=O)C2CC2)C1=O. The number of ether oxygens (including phenoxy) is 1. The van der Waals surface area contributed by atoms with Gasteiger partial charge in [0.05, 0.1) is 6.04 Å². The van der Waals surface area contributed by atoms with Crippen LogP contribution in [0, 0.1) is 5.92 Å². The van der Waals surface area contributed by atoms with Crippen LogP contribution in [-0.2, 0) is 19.1 Å². The molecule has 4 rings (SSSR count). The van der Waals surface area contributed by atoms with Crippen LogP contribution in [0.2, 0.25) is 10.0 Å². The zero-order valence-electron chi connectivity index (χ0n) is 19.2. The highest BCUT2D eigenvalue weighted by atomic mass is 35.5. The lowest BCUT2D eigenvalue weighted by molar-refractivity contribution is -0.182. The van der Waals surface area contributed by atoms with Crippen LogP contribution in [0.15, 0.2) is 61.2 Å². The summed E-state index contributed by atoms with van der Waals surface area (Å²) in [4.78, 5) is 40.3. The van der Waals surface area contributed by atoms with E-state index in [1.54, 1.807) is 35.2 Å². The maximum absolute atomic E-state index is 13.9. The van der Waals surface area contributed by atoms with Crippen molar-refractivity contribution in [3.63, 3.8) is 0 Å². The van der Waals surface area contributed by atoms with Crippen molar-refractivity contribution >= 4 is 40.9 Å². The molecule has 2 fully saturated rings. The van der Waals surface area contributed by atoms with Gasteiger partial charge in [-0.25, -0.2) is 0 Å². The first-order chi connectivity index (χ1) is 16.8. The maximum Gasteiger partial charge on any atom is 0.261 e. The minimum absolute atomic E-state index is 0.0370. The highest BCUT2D eigenvalue weighted by Gasteiger charge is 2.52. The molecular formula is C26H27Cl2N3O4. The Morgan fingerprint density at radius 2 is 1.83 bits per heavy atom. The quantitative estimate of drug-likeness (QED) is 0.419. The van der Waals surface area contributed by atoms with Crippen molar-refractivity contribution in [2.24, 2.45) is 5.92 Å². The van der Waals surface area contributed by atoms with Gasteiger partial charge in [-0.1, -0.05) is 53.5 Å². The van der Waals surface area contributed by atoms with Crippen LogP contribution in [0.4, 0.5) is 0 Å². The van der Waals surface area contributed by atoms with Gasteiger partial charge in [-0.15, -0.1) is 6.58 Å². The average Bonchev–Trinajstić information content (AvgIpc) is 3.66. The maximum atomic E-state index is 13.9. The van der Waals surface area contributed by atoms with Crippen LogP contribution in [0.5, 0.6) is 0 Å². The van der Waals surface area contributed by atoms with Crippen molar-refractivity contribution in [2.75, 3.05) is 0 Å². The molecule has 0 spiro atoms. The summed E-state index contributed by atoms with van der Waals surface area (Å²) in [6.07, 6.45) is 2.07. The van der Waals surface area contributed by atoms with Crippen molar-refractivity contribution in [3.8, 4) is 0 Å². The molecule has 1 aliphatic heterocycles. The van der Waals surface area contributed by atoms with Crippen molar-refractivity contribution < 1.29 is 19.1 Å². The molecule has 9 heteroatoms. The van der Waals surface area contributed by atoms with Gasteiger partial charge >= 0.3 is 0 Å². The van der Waals surface area contributed by atoms with Crippen molar-refractivity contribution in [1.82, 2.24) is 15.8 Å². The zero-order chi connectivity index (χ0) is 25.1. The van der Waals surface area contributed by atoms with Crippen molar-refractivity contribution in [3.05, 3.63) is 82.4 Å². The van der Waals surface area contributed by atoms with E-state index >= 15 is 0 Å². The topological polar surface area (TPSA) is 87.7 Å². The third-order valence-electron chi connectivity index (χ3n) is 6.20. The summed E-state index contributed by atoms with van der Waals surface area (Å²) >= 11 is 12.5. The Labute approximate surface area is 214 Å². The third kappa shape index (κ3) is 5.69. The Hall–Kier alpha value is -2.87. The summed E-state index contributed by atoms with van der Waals surface area (Å²) in [5.41, 5.74) is 6.37. The second-order valence-electron chi connectivity index (χ2n) is 8.82. The minimum atomic E-state index is -0.824. The van der Waals surface area contributed by atoms with Gasteiger partial charge in [-0.3, -0.25) is 25.2 Å². The highest BCUT2D eigenvalue weighted by molar-refractivity contribution is 6.30. The molecule has 3 amide bonds. The molecule has 2 aliphatic rings. The fourth-order valence-electron chi connectivity index (χ4n) is 4.52. The first kappa shape index (κ1) is 25.2. The molecule has 0 bridgehead atoms. The molecule has 4 atom stereocenters. The van der Waals surface area contributed by atoms with Gasteiger partial charge < -0.3 is 9.64 Å². The summed E-state index contributed by atoms with van der Waals surface area (Å²) < 4.78 is 6.38. The number of hydrogen-bond donors (Lipinski definition) is 2. The lowest BCUT2D eigenvalue weighted by Gasteiger charge is -2.47. The van der Waals surface area contributed by atoms with Crippen LogP contribution >= 0.6 is 23.2 Å². The normalized spacial score (nSPS) is 22.9. The molecule has 0 unspecified atom stereocenters. The van der Waals surface area contributed by atoms with Crippen LogP contribution in [0.1, 0.15) is 49.5 Å². The number of nitrogens with one attached hydrogen (secondary N) is 2. The Morgan fingerprint density at radius 3 is 2.43 bits per heavy atom. The molecule has 35 heavy (non-hydrogen) atoms. The van der Waals surface area contributed by atoms with Crippen LogP contribution in [0.25, 0.3) is 0 Å². The Balaban J connectivity index is 1.84. The molecule has 2 aromatic carbocycles. The summed E-state index contributed by atoms with van der Waals surface area (Å²) in [5.74, 6) is -1.20. The smallest absolute Gasteiger partial charge is 0.261 e. The molecule has 2 N–H and O–H groups in total. The lowest BCUT2D eigenvalue weighted by Crippen LogP contribution is -2.60. The fourth-order valence-corrected chi connectivity index (χ4v) is 4.84. The van der Waals surface area contributed by atoms with Gasteiger partial charge in [0.25, 0.3) is 11.8 Å². The Morgan fingerprint density at radius 1 is 1.11 bits per heavy atom. The summed E-state index contributed by atoms with van der Waals surface area (Å²) in [7, 11) is 0. The van der Waals surface area contributed by atoms with Gasteiger partial charge in [0.2, 0.25) is 5.91 Å². The zero-order valence-corrected chi connectivity index (χ0v) is 20.8. The summed E-state index contributed by atoms with van der Waals surface area (Å²) in [6.45, 7) is 5.08. The third-order valence-corrected chi connectivity index (χ3v) is 6.68. The highest BCUT2D eigenvalue weighted by Crippen LogP contribution is 2.48. The number of rotatable bonds is 7. The molecule has 0 radical (unpaired) electrons. The molecular weight excluding hydrogens is 489 g/mol. The van der Waals surface area contributed by atoms with Gasteiger partial charge in [0.15, 0.2) is 0 Å². The molecule has 1 saturated heterocycles. The largest absolute Gasteiger partial charge is 0.358 e. The van der Waals surface area contributed by atoms with E-state index in [1.165, 1.54) is 6.92 Å². The molecule has 184 valence electrons. The number of halogens is 2. The van der Waals surface area contributed by atoms with E-state index in [0.717, 1.165) is 24.0 Å². The van der Waals surface area contributed by atoms with E-state index < -0.39 is 36.1 Å².